The van der Waals surface area contributed by atoms with Gasteiger partial charge in [0.15, 0.2) is 0 Å². The molecule has 3 heteroatoms. The van der Waals surface area contributed by atoms with Crippen LogP contribution in [0.25, 0.3) is 0 Å². The van der Waals surface area contributed by atoms with Gasteiger partial charge in [0.25, 0.3) is 0 Å². The van der Waals surface area contributed by atoms with Crippen molar-refractivity contribution in [2.24, 2.45) is 0 Å². The molecule has 0 spiro atoms. The first-order valence-electron chi connectivity index (χ1n) is 6.87. The number of aromatic nitrogens is 1. The van der Waals surface area contributed by atoms with Gasteiger partial charge in [-0.05, 0) is 48.5 Å². The van der Waals surface area contributed by atoms with Crippen LogP contribution >= 0.6 is 0 Å². The molecule has 0 fully saturated rings. The number of nitrogens with zero attached hydrogens (tertiary/aromatic N) is 1. The lowest BCUT2D eigenvalue weighted by Crippen LogP contribution is -2.00. The normalized spacial score (nSPS) is 10.1. The Morgan fingerprint density at radius 3 is 2.19 bits per heavy atom. The quantitative estimate of drug-likeness (QED) is 0.745. The van der Waals surface area contributed by atoms with Gasteiger partial charge < -0.3 is 10.1 Å². The number of hydrogen-bond donors (Lipinski definition) is 1. The molecule has 0 aliphatic rings. The van der Waals surface area contributed by atoms with Crippen molar-refractivity contribution in [3.8, 4) is 11.5 Å². The number of anilines is 1. The van der Waals surface area contributed by atoms with Crippen molar-refractivity contribution in [3.05, 3.63) is 84.7 Å². The van der Waals surface area contributed by atoms with E-state index in [0.717, 1.165) is 22.9 Å². The van der Waals surface area contributed by atoms with Gasteiger partial charge in [-0.2, -0.15) is 0 Å². The summed E-state index contributed by atoms with van der Waals surface area (Å²) in [7, 11) is 0. The van der Waals surface area contributed by atoms with Crippen molar-refractivity contribution in [2.75, 3.05) is 5.32 Å². The highest BCUT2D eigenvalue weighted by Crippen LogP contribution is 2.22. The van der Waals surface area contributed by atoms with Crippen LogP contribution < -0.4 is 10.1 Å². The highest BCUT2D eigenvalue weighted by Gasteiger charge is 1.98. The number of para-hydroxylation sites is 1. The molecule has 21 heavy (non-hydrogen) atoms. The van der Waals surface area contributed by atoms with E-state index in [9.17, 15) is 0 Å². The second-order valence-electron chi connectivity index (χ2n) is 4.61. The van der Waals surface area contributed by atoms with E-state index < -0.39 is 0 Å². The van der Waals surface area contributed by atoms with Gasteiger partial charge in [-0.1, -0.05) is 24.3 Å². The van der Waals surface area contributed by atoms with Crippen molar-refractivity contribution < 1.29 is 4.74 Å². The molecule has 1 N–H and O–H groups in total. The zero-order valence-corrected chi connectivity index (χ0v) is 11.6. The van der Waals surface area contributed by atoms with Gasteiger partial charge in [-0.25, -0.2) is 0 Å². The van der Waals surface area contributed by atoms with E-state index in [1.165, 1.54) is 0 Å². The lowest BCUT2D eigenvalue weighted by atomic mass is 10.3. The first-order valence-corrected chi connectivity index (χ1v) is 6.87. The van der Waals surface area contributed by atoms with Gasteiger partial charge in [-0.15, -0.1) is 0 Å². The molecule has 104 valence electrons. The lowest BCUT2D eigenvalue weighted by Gasteiger charge is -2.08. The minimum Gasteiger partial charge on any atom is -0.457 e. The maximum absolute atomic E-state index is 5.76. The van der Waals surface area contributed by atoms with Crippen LogP contribution in [0, 0.1) is 0 Å². The second-order valence-corrected chi connectivity index (χ2v) is 4.61. The Hall–Kier alpha value is -2.81. The third kappa shape index (κ3) is 3.83. The zero-order valence-electron chi connectivity index (χ0n) is 11.6. The zero-order chi connectivity index (χ0) is 14.3. The molecule has 0 saturated carbocycles. The summed E-state index contributed by atoms with van der Waals surface area (Å²) < 4.78 is 5.76. The smallest absolute Gasteiger partial charge is 0.127 e. The summed E-state index contributed by atoms with van der Waals surface area (Å²) in [6.45, 7) is 0.708. The highest BCUT2D eigenvalue weighted by molar-refractivity contribution is 5.47. The van der Waals surface area contributed by atoms with Crippen LogP contribution in [0.4, 0.5) is 5.69 Å². The van der Waals surface area contributed by atoms with E-state index in [1.807, 2.05) is 72.8 Å². The fraction of sp³-hybridized carbons (Fsp3) is 0.0556. The summed E-state index contributed by atoms with van der Waals surface area (Å²) >= 11 is 0. The summed E-state index contributed by atoms with van der Waals surface area (Å²) in [5.41, 5.74) is 2.06. The average molecular weight is 276 g/mol. The molecule has 1 aromatic heterocycles. The lowest BCUT2D eigenvalue weighted by molar-refractivity contribution is 0.483. The van der Waals surface area contributed by atoms with Gasteiger partial charge in [0.05, 0.1) is 12.2 Å². The third-order valence-electron chi connectivity index (χ3n) is 3.03. The van der Waals surface area contributed by atoms with Gasteiger partial charge in [-0.3, -0.25) is 4.98 Å². The van der Waals surface area contributed by atoms with Crippen LogP contribution in [0.2, 0.25) is 0 Å². The molecule has 0 bridgehead atoms. The molecule has 3 rings (SSSR count). The number of ether oxygens (including phenoxy) is 1. The molecule has 0 radical (unpaired) electrons. The van der Waals surface area contributed by atoms with Crippen molar-refractivity contribution in [1.82, 2.24) is 4.98 Å². The Kier molecular flexibility index (Phi) is 4.12. The Labute approximate surface area is 124 Å². The third-order valence-corrected chi connectivity index (χ3v) is 3.03. The Morgan fingerprint density at radius 1 is 0.762 bits per heavy atom. The van der Waals surface area contributed by atoms with Crippen molar-refractivity contribution in [1.29, 1.82) is 0 Å². The fourth-order valence-corrected chi connectivity index (χ4v) is 1.96. The monoisotopic (exact) mass is 276 g/mol. The molecular weight excluding hydrogens is 260 g/mol. The molecule has 3 nitrogen and oxygen atoms in total. The van der Waals surface area contributed by atoms with Crippen molar-refractivity contribution in [2.45, 2.75) is 6.54 Å². The topological polar surface area (TPSA) is 34.1 Å². The van der Waals surface area contributed by atoms with Crippen LogP contribution in [0.15, 0.2) is 79.0 Å². The van der Waals surface area contributed by atoms with Gasteiger partial charge in [0.2, 0.25) is 0 Å². The van der Waals surface area contributed by atoms with E-state index in [1.54, 1.807) is 6.20 Å². The molecule has 0 aliphatic heterocycles. The molecular formula is C18H16N2O. The van der Waals surface area contributed by atoms with Gasteiger partial charge in [0.1, 0.15) is 11.5 Å². The first kappa shape index (κ1) is 13.2. The van der Waals surface area contributed by atoms with Crippen LogP contribution in [-0.4, -0.2) is 4.98 Å². The number of pyridine rings is 1. The summed E-state index contributed by atoms with van der Waals surface area (Å²) in [5.74, 6) is 1.66. The van der Waals surface area contributed by atoms with Crippen LogP contribution in [0.5, 0.6) is 11.5 Å². The molecule has 0 saturated heterocycles. The molecule has 3 aromatic rings. The molecule has 0 aliphatic carbocycles. The maximum atomic E-state index is 5.76. The Bertz CT molecular complexity index is 667. The minimum absolute atomic E-state index is 0.708. The SMILES string of the molecule is c1ccc(Oc2ccc(NCc3ccccn3)cc2)cc1. The summed E-state index contributed by atoms with van der Waals surface area (Å²) in [4.78, 5) is 4.28. The average Bonchev–Trinajstić information content (AvgIpc) is 2.56. The van der Waals surface area contributed by atoms with E-state index >= 15 is 0 Å². The summed E-state index contributed by atoms with van der Waals surface area (Å²) in [6, 6.07) is 23.6. The number of benzene rings is 2. The number of nitrogens with one attached hydrogen (secondary N) is 1. The predicted octanol–water partition coefficient (Wildman–Crippen LogP) is 4.49. The number of hydrogen-bond acceptors (Lipinski definition) is 3. The highest BCUT2D eigenvalue weighted by atomic mass is 16.5. The van der Waals surface area contributed by atoms with E-state index in [0.29, 0.717) is 6.54 Å². The molecule has 0 atom stereocenters. The second kappa shape index (κ2) is 6.57. The largest absolute Gasteiger partial charge is 0.457 e. The van der Waals surface area contributed by atoms with Crippen LogP contribution in [0.1, 0.15) is 5.69 Å². The van der Waals surface area contributed by atoms with Gasteiger partial charge >= 0.3 is 0 Å². The standard InChI is InChI=1S/C18H16N2O/c1-2-7-17(8-3-1)21-18-11-9-15(10-12-18)20-14-16-6-4-5-13-19-16/h1-13,20H,14H2. The molecule has 2 aromatic carbocycles. The van der Waals surface area contributed by atoms with E-state index in [2.05, 4.69) is 10.3 Å². The fourth-order valence-electron chi connectivity index (χ4n) is 1.96. The summed E-state index contributed by atoms with van der Waals surface area (Å²) in [5, 5.41) is 3.33. The molecule has 0 unspecified atom stereocenters. The van der Waals surface area contributed by atoms with E-state index in [4.69, 9.17) is 4.74 Å². The molecule has 0 amide bonds. The predicted molar refractivity (Wildman–Crippen MR) is 84.5 cm³/mol. The van der Waals surface area contributed by atoms with Crippen LogP contribution in [-0.2, 0) is 6.54 Å². The molecule has 1 heterocycles. The Morgan fingerprint density at radius 2 is 1.48 bits per heavy atom. The minimum atomic E-state index is 0.708. The summed E-state index contributed by atoms with van der Waals surface area (Å²) in [6.07, 6.45) is 1.80. The van der Waals surface area contributed by atoms with Gasteiger partial charge in [0, 0.05) is 11.9 Å². The maximum Gasteiger partial charge on any atom is 0.127 e. The number of rotatable bonds is 5. The van der Waals surface area contributed by atoms with E-state index in [-0.39, 0.29) is 0 Å². The van der Waals surface area contributed by atoms with Crippen LogP contribution in [0.3, 0.4) is 0 Å². The van der Waals surface area contributed by atoms with Crippen molar-refractivity contribution >= 4 is 5.69 Å². The Balaban J connectivity index is 1.59. The first-order chi connectivity index (χ1) is 10.4. The van der Waals surface area contributed by atoms with Crippen molar-refractivity contribution in [3.63, 3.8) is 0 Å².